The summed E-state index contributed by atoms with van der Waals surface area (Å²) in [4.78, 5) is 0. The maximum atomic E-state index is 14.3. The van der Waals surface area contributed by atoms with Gasteiger partial charge in [-0.1, -0.05) is 231 Å². The topological polar surface area (TPSA) is 0 Å². The predicted molar refractivity (Wildman–Crippen MR) is 334 cm³/mol. The Morgan fingerprint density at radius 3 is 0.810 bits per heavy atom. The second-order valence-electron chi connectivity index (χ2n) is 22.2. The van der Waals surface area contributed by atoms with Crippen LogP contribution < -0.4 is 0 Å². The van der Waals surface area contributed by atoms with Crippen LogP contribution in [0.4, 0.5) is 26.3 Å². The van der Waals surface area contributed by atoms with E-state index >= 15 is 0 Å². The molecule has 15 aromatic carbocycles. The van der Waals surface area contributed by atoms with Crippen LogP contribution in [0.25, 0.3) is 176 Å². The van der Waals surface area contributed by atoms with Gasteiger partial charge in [0.05, 0.1) is 11.1 Å². The first-order chi connectivity index (χ1) is 41.0. The van der Waals surface area contributed by atoms with E-state index in [0.29, 0.717) is 11.1 Å². The standard InChI is InChI=1S/C78H42F6/c79-77(80,81)47-31-27-44(28-32-47)50-20-8-10-22-52(50)70-55-25-13-11-23-53(55)65(45-17-5-2-6-18-45)73-61-39-35-57-60-38-42-64-72-62(40-36-58(68(60)72)59-37-41-63(75(70)73)71(61)67(57)59)74-66(46-29-33-48(34-30-46)78(82,83)84)54-24-12-14-26-56(54)69(76(64)74)51-21-9-7-19-49(51)43-15-3-1-4-16-43/h1-42H. The van der Waals surface area contributed by atoms with Crippen molar-refractivity contribution in [2.24, 2.45) is 0 Å². The van der Waals surface area contributed by atoms with Gasteiger partial charge in [0.15, 0.2) is 0 Å². The van der Waals surface area contributed by atoms with Gasteiger partial charge >= 0.3 is 12.4 Å². The summed E-state index contributed by atoms with van der Waals surface area (Å²) in [6.45, 7) is 0. The average molecular weight is 1090 g/mol. The molecular formula is C78H42F6. The van der Waals surface area contributed by atoms with Crippen LogP contribution >= 0.6 is 0 Å². The summed E-state index contributed by atoms with van der Waals surface area (Å²) in [6, 6.07) is 83.7. The number of benzene rings is 15. The third-order valence-electron chi connectivity index (χ3n) is 18.0. The van der Waals surface area contributed by atoms with E-state index in [0.717, 1.165) is 165 Å². The van der Waals surface area contributed by atoms with E-state index in [2.05, 4.69) is 170 Å². The Balaban J connectivity index is 0.965. The van der Waals surface area contributed by atoms with Crippen molar-refractivity contribution in [2.45, 2.75) is 12.4 Å². The van der Waals surface area contributed by atoms with Crippen molar-refractivity contribution >= 4 is 64.6 Å². The maximum absolute atomic E-state index is 14.3. The molecule has 0 saturated carbocycles. The van der Waals surface area contributed by atoms with Crippen LogP contribution in [-0.4, -0.2) is 0 Å². The molecule has 0 aromatic heterocycles. The number of hydrogen-bond donors (Lipinski definition) is 0. The third-order valence-corrected chi connectivity index (χ3v) is 18.0. The molecule has 6 heteroatoms. The minimum Gasteiger partial charge on any atom is -0.166 e. The lowest BCUT2D eigenvalue weighted by Gasteiger charge is -2.22. The zero-order valence-corrected chi connectivity index (χ0v) is 44.5. The molecule has 0 aliphatic heterocycles. The SMILES string of the molecule is FC(F)(F)c1ccc(-c2ccccc2-c2c3c(c(-c4ccccc4)c4ccccc24)-c2ccc4c5ccc6c7c(ccc(c8ccc-3c2c48)c75)-c2c-6c(-c3ccccc3-c3ccccc3)c3ccccc3c2-c2ccc(C(F)(F)F)cc2)cc1. The van der Waals surface area contributed by atoms with Gasteiger partial charge in [0.2, 0.25) is 0 Å². The summed E-state index contributed by atoms with van der Waals surface area (Å²) >= 11 is 0. The van der Waals surface area contributed by atoms with Crippen LogP contribution in [0.15, 0.2) is 255 Å². The first kappa shape index (κ1) is 48.4. The molecule has 0 saturated heterocycles. The van der Waals surface area contributed by atoms with Crippen LogP contribution in [0.2, 0.25) is 0 Å². The third kappa shape index (κ3) is 6.79. The summed E-state index contributed by atoms with van der Waals surface area (Å²) in [7, 11) is 0. The van der Waals surface area contributed by atoms with E-state index in [1.165, 1.54) is 24.3 Å². The predicted octanol–water partition coefficient (Wildman–Crippen LogP) is 23.4. The summed E-state index contributed by atoms with van der Waals surface area (Å²) < 4.78 is 84.9. The van der Waals surface area contributed by atoms with Gasteiger partial charge in [-0.2, -0.15) is 26.3 Å². The highest BCUT2D eigenvalue weighted by atomic mass is 19.4. The highest BCUT2D eigenvalue weighted by molar-refractivity contribution is 6.42. The molecule has 84 heavy (non-hydrogen) atoms. The van der Waals surface area contributed by atoms with Gasteiger partial charge in [-0.15, -0.1) is 0 Å². The van der Waals surface area contributed by atoms with Crippen molar-refractivity contribution in [3.63, 3.8) is 0 Å². The van der Waals surface area contributed by atoms with Crippen molar-refractivity contribution in [3.05, 3.63) is 266 Å². The normalized spacial score (nSPS) is 12.6. The van der Waals surface area contributed by atoms with Crippen LogP contribution in [0.3, 0.4) is 0 Å². The molecule has 15 aromatic rings. The smallest absolute Gasteiger partial charge is 0.166 e. The first-order valence-electron chi connectivity index (χ1n) is 28.1. The highest BCUT2D eigenvalue weighted by Gasteiger charge is 2.37. The molecule has 0 N–H and O–H groups in total. The molecular weight excluding hydrogens is 1050 g/mol. The van der Waals surface area contributed by atoms with E-state index in [1.807, 2.05) is 36.4 Å². The zero-order valence-electron chi connectivity index (χ0n) is 44.5. The van der Waals surface area contributed by atoms with Crippen molar-refractivity contribution < 1.29 is 26.3 Å². The second-order valence-corrected chi connectivity index (χ2v) is 22.2. The summed E-state index contributed by atoms with van der Waals surface area (Å²) in [5.74, 6) is 0. The van der Waals surface area contributed by atoms with Crippen molar-refractivity contribution in [2.75, 3.05) is 0 Å². The van der Waals surface area contributed by atoms with Gasteiger partial charge in [-0.25, -0.2) is 0 Å². The van der Waals surface area contributed by atoms with Gasteiger partial charge in [-0.05, 0) is 200 Å². The minimum atomic E-state index is -4.50. The molecule has 396 valence electrons. The van der Waals surface area contributed by atoms with E-state index in [1.54, 1.807) is 24.3 Å². The van der Waals surface area contributed by atoms with Crippen molar-refractivity contribution in [3.8, 4) is 111 Å². The van der Waals surface area contributed by atoms with Gasteiger partial charge in [-0.3, -0.25) is 0 Å². The molecule has 17 rings (SSSR count). The van der Waals surface area contributed by atoms with Crippen LogP contribution in [0.5, 0.6) is 0 Å². The average Bonchev–Trinajstić information content (AvgIpc) is 1.53. The summed E-state index contributed by atoms with van der Waals surface area (Å²) in [5.41, 5.74) is 18.6. The number of fused-ring (bicyclic) bond motifs is 10. The summed E-state index contributed by atoms with van der Waals surface area (Å²) in [6.07, 6.45) is -8.97. The molecule has 0 atom stereocenters. The van der Waals surface area contributed by atoms with E-state index in [4.69, 9.17) is 0 Å². The largest absolute Gasteiger partial charge is 0.416 e. The van der Waals surface area contributed by atoms with Crippen molar-refractivity contribution in [1.82, 2.24) is 0 Å². The molecule has 0 radical (unpaired) electrons. The molecule has 0 unspecified atom stereocenters. The molecule has 2 aliphatic carbocycles. The van der Waals surface area contributed by atoms with Crippen LogP contribution in [0.1, 0.15) is 11.1 Å². The summed E-state index contributed by atoms with van der Waals surface area (Å²) in [5, 5.41) is 13.0. The Morgan fingerprint density at radius 1 is 0.167 bits per heavy atom. The van der Waals surface area contributed by atoms with Gasteiger partial charge in [0, 0.05) is 0 Å². The van der Waals surface area contributed by atoms with E-state index in [-0.39, 0.29) is 0 Å². The molecule has 2 aliphatic rings. The second kappa shape index (κ2) is 17.6. The van der Waals surface area contributed by atoms with E-state index in [9.17, 15) is 26.3 Å². The lowest BCUT2D eigenvalue weighted by Crippen LogP contribution is -2.04. The lowest BCUT2D eigenvalue weighted by atomic mass is 9.81. The van der Waals surface area contributed by atoms with Gasteiger partial charge in [0.25, 0.3) is 0 Å². The Morgan fingerprint density at radius 2 is 0.440 bits per heavy atom. The van der Waals surface area contributed by atoms with E-state index < -0.39 is 23.5 Å². The molecule has 0 nitrogen and oxygen atoms in total. The molecule has 0 bridgehead atoms. The number of alkyl halides is 6. The maximum Gasteiger partial charge on any atom is 0.416 e. The Kier molecular flexibility index (Phi) is 10.1. The van der Waals surface area contributed by atoms with Gasteiger partial charge < -0.3 is 0 Å². The Labute approximate surface area is 478 Å². The number of halogens is 6. The zero-order chi connectivity index (χ0) is 56.3. The molecule has 0 heterocycles. The molecule has 0 spiro atoms. The fraction of sp³-hybridized carbons (Fsp3) is 0.0256. The fourth-order valence-corrected chi connectivity index (χ4v) is 14.6. The van der Waals surface area contributed by atoms with Crippen molar-refractivity contribution in [1.29, 1.82) is 0 Å². The quantitative estimate of drug-likeness (QED) is 0.0884. The first-order valence-corrected chi connectivity index (χ1v) is 28.1. The highest BCUT2D eigenvalue weighted by Crippen LogP contribution is 2.64. The fourth-order valence-electron chi connectivity index (χ4n) is 14.6. The molecule has 0 fully saturated rings. The Bertz CT molecular complexity index is 5270. The van der Waals surface area contributed by atoms with Gasteiger partial charge in [0.1, 0.15) is 0 Å². The van der Waals surface area contributed by atoms with Crippen LogP contribution in [0, 0.1) is 0 Å². The number of rotatable bonds is 6. The molecule has 0 amide bonds. The lowest BCUT2D eigenvalue weighted by molar-refractivity contribution is -0.138. The monoisotopic (exact) mass is 1090 g/mol. The number of hydrogen-bond acceptors (Lipinski definition) is 0. The minimum absolute atomic E-state index is 0.686. The van der Waals surface area contributed by atoms with Crippen LogP contribution in [-0.2, 0) is 12.4 Å². The Hall–Kier alpha value is -10.3.